The SMILES string of the molecule is CCOc1ccc2oc(C(=O)N/N=C\c3cc(C)n(-c4ccccc4)c3C)cc2c1. The van der Waals surface area contributed by atoms with Crippen LogP contribution in [0.3, 0.4) is 0 Å². The van der Waals surface area contributed by atoms with Gasteiger partial charge in [-0.2, -0.15) is 5.10 Å². The fourth-order valence-electron chi connectivity index (χ4n) is 3.50. The molecule has 0 bridgehead atoms. The number of hydrogen-bond donors (Lipinski definition) is 1. The molecule has 2 aromatic heterocycles. The first-order chi connectivity index (χ1) is 14.6. The number of ether oxygens (including phenoxy) is 1. The van der Waals surface area contributed by atoms with Gasteiger partial charge in [0.05, 0.1) is 12.8 Å². The number of nitrogens with one attached hydrogen (secondary N) is 1. The van der Waals surface area contributed by atoms with Crippen LogP contribution in [0.4, 0.5) is 0 Å². The number of amides is 1. The van der Waals surface area contributed by atoms with Crippen molar-refractivity contribution in [3.8, 4) is 11.4 Å². The number of hydrogen-bond acceptors (Lipinski definition) is 4. The number of para-hydroxylation sites is 1. The van der Waals surface area contributed by atoms with Gasteiger partial charge < -0.3 is 13.7 Å². The predicted molar refractivity (Wildman–Crippen MR) is 118 cm³/mol. The number of aromatic nitrogens is 1. The zero-order valence-corrected chi connectivity index (χ0v) is 17.2. The van der Waals surface area contributed by atoms with Gasteiger partial charge in [0.15, 0.2) is 5.76 Å². The quantitative estimate of drug-likeness (QED) is 0.365. The van der Waals surface area contributed by atoms with Gasteiger partial charge in [0.1, 0.15) is 11.3 Å². The number of furan rings is 1. The second kappa shape index (κ2) is 8.29. The summed E-state index contributed by atoms with van der Waals surface area (Å²) < 4.78 is 13.3. The molecule has 4 aromatic rings. The van der Waals surface area contributed by atoms with Crippen LogP contribution in [0.15, 0.2) is 70.2 Å². The van der Waals surface area contributed by atoms with Crippen LogP contribution in [0.25, 0.3) is 16.7 Å². The Kier molecular flexibility index (Phi) is 5.39. The molecule has 0 saturated carbocycles. The van der Waals surface area contributed by atoms with Crippen molar-refractivity contribution in [3.05, 3.63) is 83.4 Å². The summed E-state index contributed by atoms with van der Waals surface area (Å²) in [7, 11) is 0. The van der Waals surface area contributed by atoms with Crippen molar-refractivity contribution < 1.29 is 13.9 Å². The summed E-state index contributed by atoms with van der Waals surface area (Å²) in [5.41, 5.74) is 7.32. The highest BCUT2D eigenvalue weighted by Gasteiger charge is 2.13. The summed E-state index contributed by atoms with van der Waals surface area (Å²) in [5, 5.41) is 4.93. The van der Waals surface area contributed by atoms with Crippen LogP contribution in [0.1, 0.15) is 34.4 Å². The second-order valence-electron chi connectivity index (χ2n) is 6.94. The van der Waals surface area contributed by atoms with Gasteiger partial charge in [-0.15, -0.1) is 0 Å². The lowest BCUT2D eigenvalue weighted by molar-refractivity contribution is 0.0929. The van der Waals surface area contributed by atoms with Gasteiger partial charge in [0.2, 0.25) is 0 Å². The fourth-order valence-corrected chi connectivity index (χ4v) is 3.50. The van der Waals surface area contributed by atoms with Crippen molar-refractivity contribution in [1.29, 1.82) is 0 Å². The van der Waals surface area contributed by atoms with Crippen molar-refractivity contribution in [2.24, 2.45) is 5.10 Å². The minimum absolute atomic E-state index is 0.200. The summed E-state index contributed by atoms with van der Waals surface area (Å²) >= 11 is 0. The number of hydrazone groups is 1. The maximum absolute atomic E-state index is 12.4. The molecule has 2 heterocycles. The Bertz CT molecular complexity index is 1220. The van der Waals surface area contributed by atoms with Crippen molar-refractivity contribution in [1.82, 2.24) is 9.99 Å². The van der Waals surface area contributed by atoms with Gasteiger partial charge >= 0.3 is 5.91 Å². The Balaban J connectivity index is 1.50. The van der Waals surface area contributed by atoms with E-state index >= 15 is 0 Å². The molecule has 0 spiro atoms. The molecule has 6 nitrogen and oxygen atoms in total. The molecule has 0 aliphatic carbocycles. The van der Waals surface area contributed by atoms with E-state index in [1.807, 2.05) is 57.2 Å². The van der Waals surface area contributed by atoms with Crippen LogP contribution in [-0.2, 0) is 0 Å². The normalized spacial score (nSPS) is 11.3. The Morgan fingerprint density at radius 3 is 2.70 bits per heavy atom. The third kappa shape index (κ3) is 3.85. The van der Waals surface area contributed by atoms with Crippen molar-refractivity contribution in [3.63, 3.8) is 0 Å². The van der Waals surface area contributed by atoms with E-state index in [1.54, 1.807) is 18.3 Å². The molecular weight excluding hydrogens is 378 g/mol. The average molecular weight is 401 g/mol. The molecule has 152 valence electrons. The van der Waals surface area contributed by atoms with Crippen LogP contribution in [0, 0.1) is 13.8 Å². The van der Waals surface area contributed by atoms with Gasteiger partial charge in [0.25, 0.3) is 0 Å². The lowest BCUT2D eigenvalue weighted by Gasteiger charge is -2.08. The van der Waals surface area contributed by atoms with E-state index in [-0.39, 0.29) is 5.76 Å². The number of benzene rings is 2. The van der Waals surface area contributed by atoms with E-state index in [4.69, 9.17) is 9.15 Å². The maximum Gasteiger partial charge on any atom is 0.307 e. The molecule has 6 heteroatoms. The highest BCUT2D eigenvalue weighted by molar-refractivity contribution is 5.96. The van der Waals surface area contributed by atoms with E-state index < -0.39 is 5.91 Å². The number of nitrogens with zero attached hydrogens (tertiary/aromatic N) is 2. The van der Waals surface area contributed by atoms with Gasteiger partial charge in [-0.25, -0.2) is 5.43 Å². The van der Waals surface area contributed by atoms with E-state index in [2.05, 4.69) is 27.2 Å². The first-order valence-corrected chi connectivity index (χ1v) is 9.81. The Morgan fingerprint density at radius 1 is 1.13 bits per heavy atom. The second-order valence-corrected chi connectivity index (χ2v) is 6.94. The molecule has 2 aromatic carbocycles. The van der Waals surface area contributed by atoms with Crippen LogP contribution < -0.4 is 10.2 Å². The Hall–Kier alpha value is -3.80. The number of aryl methyl sites for hydroxylation is 1. The summed E-state index contributed by atoms with van der Waals surface area (Å²) in [6, 6.07) is 19.3. The van der Waals surface area contributed by atoms with Gasteiger partial charge in [0, 0.05) is 28.0 Å². The molecule has 1 amide bonds. The average Bonchev–Trinajstić information content (AvgIpc) is 3.29. The van der Waals surface area contributed by atoms with Gasteiger partial charge in [-0.1, -0.05) is 18.2 Å². The van der Waals surface area contributed by atoms with Crippen molar-refractivity contribution >= 4 is 23.1 Å². The van der Waals surface area contributed by atoms with Gasteiger partial charge in [-0.05, 0) is 63.2 Å². The van der Waals surface area contributed by atoms with Crippen molar-refractivity contribution in [2.75, 3.05) is 6.61 Å². The highest BCUT2D eigenvalue weighted by atomic mass is 16.5. The molecule has 0 radical (unpaired) electrons. The van der Waals surface area contributed by atoms with Crippen LogP contribution in [0.5, 0.6) is 5.75 Å². The Labute approximate surface area is 174 Å². The van der Waals surface area contributed by atoms with E-state index in [1.165, 1.54) is 0 Å². The summed E-state index contributed by atoms with van der Waals surface area (Å²) in [5.74, 6) is 0.535. The molecule has 0 aliphatic rings. The largest absolute Gasteiger partial charge is 0.494 e. The molecule has 30 heavy (non-hydrogen) atoms. The summed E-state index contributed by atoms with van der Waals surface area (Å²) in [4.78, 5) is 12.4. The van der Waals surface area contributed by atoms with Crippen molar-refractivity contribution in [2.45, 2.75) is 20.8 Å². The Morgan fingerprint density at radius 2 is 1.93 bits per heavy atom. The summed E-state index contributed by atoms with van der Waals surface area (Å²) in [6.45, 7) is 6.57. The third-order valence-corrected chi connectivity index (χ3v) is 4.88. The predicted octanol–water partition coefficient (Wildman–Crippen LogP) is 5.00. The van der Waals surface area contributed by atoms with Gasteiger partial charge in [-0.3, -0.25) is 4.79 Å². The van der Waals surface area contributed by atoms with E-state index in [0.717, 1.165) is 33.8 Å². The lowest BCUT2D eigenvalue weighted by Crippen LogP contribution is -2.16. The standard InChI is InChI=1S/C24H23N3O3/c1-4-29-21-10-11-22-18(13-21)14-23(30-22)24(28)26-25-15-19-12-16(2)27(17(19)3)20-8-6-5-7-9-20/h5-15H,4H2,1-3H3,(H,26,28)/b25-15-. The molecule has 0 atom stereocenters. The number of fused-ring (bicyclic) bond motifs is 1. The molecule has 0 saturated heterocycles. The molecule has 0 aliphatic heterocycles. The topological polar surface area (TPSA) is 68.8 Å². The lowest BCUT2D eigenvalue weighted by atomic mass is 10.2. The molecular formula is C24H23N3O3. The zero-order valence-electron chi connectivity index (χ0n) is 17.2. The van der Waals surface area contributed by atoms with Crippen LogP contribution in [-0.4, -0.2) is 23.3 Å². The monoisotopic (exact) mass is 401 g/mol. The van der Waals surface area contributed by atoms with E-state index in [0.29, 0.717) is 12.2 Å². The first-order valence-electron chi connectivity index (χ1n) is 9.81. The molecule has 0 unspecified atom stereocenters. The minimum atomic E-state index is -0.405. The molecule has 4 rings (SSSR count). The third-order valence-electron chi connectivity index (χ3n) is 4.88. The zero-order chi connectivity index (χ0) is 21.1. The highest BCUT2D eigenvalue weighted by Crippen LogP contribution is 2.24. The minimum Gasteiger partial charge on any atom is -0.494 e. The smallest absolute Gasteiger partial charge is 0.307 e. The first kappa shape index (κ1) is 19.5. The fraction of sp³-hybridized carbons (Fsp3) is 0.167. The number of rotatable bonds is 6. The van der Waals surface area contributed by atoms with Crippen LogP contribution in [0.2, 0.25) is 0 Å². The number of carbonyl (C=O) groups is 1. The summed E-state index contributed by atoms with van der Waals surface area (Å²) in [6.07, 6.45) is 1.65. The number of carbonyl (C=O) groups excluding carboxylic acids is 1. The molecule has 0 fully saturated rings. The van der Waals surface area contributed by atoms with Crippen LogP contribution >= 0.6 is 0 Å². The molecule has 1 N–H and O–H groups in total. The maximum atomic E-state index is 12.4. The van der Waals surface area contributed by atoms with E-state index in [9.17, 15) is 4.79 Å².